The lowest BCUT2D eigenvalue weighted by Crippen LogP contribution is -2.23. The van der Waals surface area contributed by atoms with E-state index in [2.05, 4.69) is 0 Å². The van der Waals surface area contributed by atoms with Gasteiger partial charge in [-0.2, -0.15) is 10.5 Å². The van der Waals surface area contributed by atoms with Crippen molar-refractivity contribution in [2.45, 2.75) is 6.54 Å². The Labute approximate surface area is 102 Å². The predicted octanol–water partition coefficient (Wildman–Crippen LogP) is 1.97. The fraction of sp³-hybridized carbons (Fsp3) is 0.0833. The van der Waals surface area contributed by atoms with Gasteiger partial charge in [0.2, 0.25) is 0 Å². The first-order chi connectivity index (χ1) is 8.27. The van der Waals surface area contributed by atoms with Gasteiger partial charge >= 0.3 is 0 Å². The fourth-order valence-corrected chi connectivity index (χ4v) is 2.29. The number of thiophene rings is 1. The van der Waals surface area contributed by atoms with Gasteiger partial charge < -0.3 is 0 Å². The first-order valence-corrected chi connectivity index (χ1v) is 5.70. The summed E-state index contributed by atoms with van der Waals surface area (Å²) in [6.07, 6.45) is 0. The molecule has 0 bridgehead atoms. The largest absolute Gasteiger partial charge is 0.292 e. The fourth-order valence-electron chi connectivity index (χ4n) is 1.53. The van der Waals surface area contributed by atoms with E-state index in [9.17, 15) is 4.79 Å². The maximum Gasteiger partial charge on any atom is 0.269 e. The number of rotatable bonds is 2. The summed E-state index contributed by atoms with van der Waals surface area (Å²) in [5, 5.41) is 19.4. The van der Waals surface area contributed by atoms with Gasteiger partial charge in [0.05, 0.1) is 16.6 Å². The lowest BCUT2D eigenvalue weighted by molar-refractivity contribution is 0.796. The predicted molar refractivity (Wildman–Crippen MR) is 64.3 cm³/mol. The van der Waals surface area contributed by atoms with Crippen LogP contribution in [0.4, 0.5) is 0 Å². The maximum atomic E-state index is 11.9. The molecule has 0 atom stereocenters. The van der Waals surface area contributed by atoms with Gasteiger partial charge in [-0.05, 0) is 23.6 Å². The van der Waals surface area contributed by atoms with Crippen LogP contribution < -0.4 is 5.56 Å². The highest BCUT2D eigenvalue weighted by molar-refractivity contribution is 7.13. The molecular formula is C12H7N3OS. The van der Waals surface area contributed by atoms with Gasteiger partial charge in [0.15, 0.2) is 0 Å². The molecule has 2 rings (SSSR count). The van der Waals surface area contributed by atoms with Gasteiger partial charge in [-0.25, -0.2) is 0 Å². The van der Waals surface area contributed by atoms with Crippen molar-refractivity contribution in [2.75, 3.05) is 0 Å². The summed E-state index contributed by atoms with van der Waals surface area (Å²) in [7, 11) is 0. The normalized spacial score (nSPS) is 9.53. The molecule has 0 saturated heterocycles. The molecule has 2 aromatic rings. The van der Waals surface area contributed by atoms with E-state index in [0.29, 0.717) is 5.69 Å². The summed E-state index contributed by atoms with van der Waals surface area (Å²) in [6.45, 7) is -0.0540. The molecule has 4 nitrogen and oxygen atoms in total. The van der Waals surface area contributed by atoms with E-state index in [1.165, 1.54) is 22.0 Å². The van der Waals surface area contributed by atoms with E-state index in [1.54, 1.807) is 6.07 Å². The number of pyridine rings is 1. The second-order valence-electron chi connectivity index (χ2n) is 3.27. The Morgan fingerprint density at radius 1 is 1.29 bits per heavy atom. The van der Waals surface area contributed by atoms with Crippen molar-refractivity contribution in [3.8, 4) is 22.7 Å². The highest BCUT2D eigenvalue weighted by Gasteiger charge is 2.10. The molecule has 0 radical (unpaired) electrons. The molecular weight excluding hydrogens is 234 g/mol. The summed E-state index contributed by atoms with van der Waals surface area (Å²) in [6, 6.07) is 10.7. The number of aromatic nitrogens is 1. The lowest BCUT2D eigenvalue weighted by Gasteiger charge is -2.07. The summed E-state index contributed by atoms with van der Waals surface area (Å²) < 4.78 is 1.32. The van der Waals surface area contributed by atoms with Crippen molar-refractivity contribution in [1.29, 1.82) is 10.5 Å². The zero-order chi connectivity index (χ0) is 12.3. The Morgan fingerprint density at radius 3 is 2.71 bits per heavy atom. The Hall–Kier alpha value is -2.37. The Morgan fingerprint density at radius 2 is 2.12 bits per heavy atom. The van der Waals surface area contributed by atoms with Crippen molar-refractivity contribution >= 4 is 11.3 Å². The van der Waals surface area contributed by atoms with E-state index in [1.807, 2.05) is 29.7 Å². The maximum absolute atomic E-state index is 11.9. The van der Waals surface area contributed by atoms with E-state index in [0.717, 1.165) is 4.88 Å². The van der Waals surface area contributed by atoms with Gasteiger partial charge in [0, 0.05) is 0 Å². The number of nitrogens with zero attached hydrogens (tertiary/aromatic N) is 3. The molecule has 0 aliphatic rings. The molecule has 2 heterocycles. The average molecular weight is 241 g/mol. The zero-order valence-corrected chi connectivity index (χ0v) is 9.57. The first-order valence-electron chi connectivity index (χ1n) is 4.82. The van der Waals surface area contributed by atoms with Crippen LogP contribution in [0.3, 0.4) is 0 Å². The van der Waals surface area contributed by atoms with Gasteiger partial charge in [-0.15, -0.1) is 11.3 Å². The molecule has 0 spiro atoms. The standard InChI is InChI=1S/C12H7N3OS/c13-5-6-15-10(11-2-1-7-17-11)4-3-9(8-14)12(15)16/h1-4,7H,6H2. The first kappa shape index (κ1) is 11.1. The van der Waals surface area contributed by atoms with Gasteiger partial charge in [-0.1, -0.05) is 6.07 Å². The highest BCUT2D eigenvalue weighted by Crippen LogP contribution is 2.23. The van der Waals surface area contributed by atoms with E-state index < -0.39 is 5.56 Å². The van der Waals surface area contributed by atoms with E-state index in [-0.39, 0.29) is 12.1 Å². The molecule has 0 fully saturated rings. The van der Waals surface area contributed by atoms with Crippen molar-refractivity contribution in [3.05, 3.63) is 45.6 Å². The van der Waals surface area contributed by atoms with Crippen LogP contribution in [0.1, 0.15) is 5.56 Å². The van der Waals surface area contributed by atoms with Gasteiger partial charge in [-0.3, -0.25) is 9.36 Å². The molecule has 0 unspecified atom stereocenters. The number of hydrogen-bond acceptors (Lipinski definition) is 4. The number of nitriles is 2. The van der Waals surface area contributed by atoms with Gasteiger partial charge in [0.1, 0.15) is 18.2 Å². The molecule has 82 valence electrons. The Bertz CT molecular complexity index is 671. The molecule has 5 heteroatoms. The minimum Gasteiger partial charge on any atom is -0.292 e. The smallest absolute Gasteiger partial charge is 0.269 e. The summed E-state index contributed by atoms with van der Waals surface area (Å²) in [5.74, 6) is 0. The van der Waals surface area contributed by atoms with Crippen LogP contribution in [-0.4, -0.2) is 4.57 Å². The zero-order valence-electron chi connectivity index (χ0n) is 8.75. The summed E-state index contributed by atoms with van der Waals surface area (Å²) in [4.78, 5) is 12.8. The van der Waals surface area contributed by atoms with Crippen LogP contribution in [0.15, 0.2) is 34.4 Å². The molecule has 0 amide bonds. The van der Waals surface area contributed by atoms with Crippen molar-refractivity contribution in [3.63, 3.8) is 0 Å². The highest BCUT2D eigenvalue weighted by atomic mass is 32.1. The second kappa shape index (κ2) is 4.65. The van der Waals surface area contributed by atoms with Crippen LogP contribution in [0, 0.1) is 22.7 Å². The minimum atomic E-state index is -0.417. The van der Waals surface area contributed by atoms with Gasteiger partial charge in [0.25, 0.3) is 5.56 Å². The van der Waals surface area contributed by atoms with E-state index in [4.69, 9.17) is 10.5 Å². The van der Waals surface area contributed by atoms with Crippen LogP contribution in [0.2, 0.25) is 0 Å². The van der Waals surface area contributed by atoms with Crippen molar-refractivity contribution in [1.82, 2.24) is 4.57 Å². The van der Waals surface area contributed by atoms with E-state index >= 15 is 0 Å². The summed E-state index contributed by atoms with van der Waals surface area (Å²) in [5.41, 5.74) is 0.311. The third kappa shape index (κ3) is 1.96. The quantitative estimate of drug-likeness (QED) is 0.807. The molecule has 17 heavy (non-hydrogen) atoms. The van der Waals surface area contributed by atoms with Crippen molar-refractivity contribution < 1.29 is 0 Å². The second-order valence-corrected chi connectivity index (χ2v) is 4.22. The third-order valence-electron chi connectivity index (χ3n) is 2.30. The molecule has 0 saturated carbocycles. The SMILES string of the molecule is N#CCn1c(-c2cccs2)ccc(C#N)c1=O. The average Bonchev–Trinajstić information content (AvgIpc) is 2.85. The molecule has 0 N–H and O–H groups in total. The Kier molecular flexibility index (Phi) is 3.04. The molecule has 2 aromatic heterocycles. The van der Waals surface area contributed by atoms with Crippen molar-refractivity contribution in [2.24, 2.45) is 0 Å². The Balaban J connectivity index is 2.71. The van der Waals surface area contributed by atoms with Crippen LogP contribution in [0.25, 0.3) is 10.6 Å². The minimum absolute atomic E-state index is 0.0540. The van der Waals surface area contributed by atoms with Crippen LogP contribution in [-0.2, 0) is 6.54 Å². The molecule has 0 aromatic carbocycles. The van der Waals surface area contributed by atoms with Crippen LogP contribution in [0.5, 0.6) is 0 Å². The summed E-state index contributed by atoms with van der Waals surface area (Å²) >= 11 is 1.49. The topological polar surface area (TPSA) is 69.6 Å². The lowest BCUT2D eigenvalue weighted by atomic mass is 10.2. The molecule has 0 aliphatic carbocycles. The number of hydrogen-bond donors (Lipinski definition) is 0. The van der Waals surface area contributed by atoms with Crippen LogP contribution >= 0.6 is 11.3 Å². The third-order valence-corrected chi connectivity index (χ3v) is 3.19. The molecule has 0 aliphatic heterocycles. The monoisotopic (exact) mass is 241 g/mol.